The van der Waals surface area contributed by atoms with Crippen LogP contribution in [0.1, 0.15) is 79.6 Å². The number of hydrogen-bond acceptors (Lipinski definition) is 7. The number of aromatic amines is 1. The zero-order chi connectivity index (χ0) is 37.3. The molecule has 0 saturated carbocycles. The van der Waals surface area contributed by atoms with E-state index in [1.54, 1.807) is 0 Å². The number of halogens is 1. The molecule has 0 aliphatic rings. The van der Waals surface area contributed by atoms with Gasteiger partial charge in [0.2, 0.25) is 0 Å². The summed E-state index contributed by atoms with van der Waals surface area (Å²) in [6.45, 7) is 25.3. The summed E-state index contributed by atoms with van der Waals surface area (Å²) < 4.78 is 15.5. The molecule has 270 valence electrons. The zero-order valence-electron chi connectivity index (χ0n) is 31.2. The van der Waals surface area contributed by atoms with Gasteiger partial charge >= 0.3 is 0 Å². The highest BCUT2D eigenvalue weighted by Crippen LogP contribution is 2.35. The van der Waals surface area contributed by atoms with Gasteiger partial charge in [-0.3, -0.25) is 19.0 Å². The minimum absolute atomic E-state index is 0.118. The first-order chi connectivity index (χ1) is 23.3. The van der Waals surface area contributed by atoms with Crippen LogP contribution in [0.25, 0.3) is 22.0 Å². The number of nitrogens with zero attached hydrogens (tertiary/aromatic N) is 2. The average molecular weight is 714 g/mol. The van der Waals surface area contributed by atoms with E-state index in [9.17, 15) is 9.59 Å². The van der Waals surface area contributed by atoms with Crippen molar-refractivity contribution in [3.05, 3.63) is 82.3 Å². The molecule has 0 saturated heterocycles. The van der Waals surface area contributed by atoms with E-state index in [0.717, 1.165) is 79.6 Å². The summed E-state index contributed by atoms with van der Waals surface area (Å²) in [6, 6.07) is 10.2. The molecule has 0 atom stereocenters. The van der Waals surface area contributed by atoms with E-state index in [0.29, 0.717) is 25.2 Å². The van der Waals surface area contributed by atoms with Crippen molar-refractivity contribution < 1.29 is 19.1 Å². The Morgan fingerprint density at radius 1 is 1.12 bits per heavy atom. The second-order valence-electron chi connectivity index (χ2n) is 11.9. The highest BCUT2D eigenvalue weighted by molar-refractivity contribution is 7.97. The lowest BCUT2D eigenvalue weighted by Crippen LogP contribution is -2.21. The molecular weight excluding hydrogens is 658 g/mol. The summed E-state index contributed by atoms with van der Waals surface area (Å²) in [5, 5.41) is 9.54. The van der Waals surface area contributed by atoms with Crippen molar-refractivity contribution >= 4 is 46.8 Å². The molecule has 2 aromatic heterocycles. The summed E-state index contributed by atoms with van der Waals surface area (Å²) in [5.74, 6) is 1.48. The van der Waals surface area contributed by atoms with Gasteiger partial charge in [0.05, 0.1) is 17.8 Å². The summed E-state index contributed by atoms with van der Waals surface area (Å²) >= 11 is 7.71. The first kappa shape index (κ1) is 43.3. The predicted octanol–water partition coefficient (Wildman–Crippen LogP) is 8.85. The Bertz CT molecular complexity index is 1620. The lowest BCUT2D eigenvalue weighted by molar-refractivity contribution is -0.138. The second-order valence-corrected chi connectivity index (χ2v) is 13.2. The molecule has 3 N–H and O–H groups in total. The Labute approximate surface area is 302 Å². The lowest BCUT2D eigenvalue weighted by Gasteiger charge is -2.14. The fourth-order valence-corrected chi connectivity index (χ4v) is 5.74. The van der Waals surface area contributed by atoms with E-state index in [2.05, 4.69) is 63.1 Å². The minimum atomic E-state index is -0.318. The van der Waals surface area contributed by atoms with E-state index in [-0.39, 0.29) is 11.5 Å². The van der Waals surface area contributed by atoms with Gasteiger partial charge in [-0.15, -0.1) is 13.2 Å². The van der Waals surface area contributed by atoms with Crippen LogP contribution >= 0.6 is 23.5 Å². The van der Waals surface area contributed by atoms with Gasteiger partial charge in [0.25, 0.3) is 12.4 Å². The molecule has 4 aromatic rings. The number of amides is 1. The van der Waals surface area contributed by atoms with Crippen molar-refractivity contribution in [3.8, 4) is 16.9 Å². The van der Waals surface area contributed by atoms with Gasteiger partial charge in [-0.1, -0.05) is 43.6 Å². The van der Waals surface area contributed by atoms with Crippen LogP contribution in [0.3, 0.4) is 0 Å². The standard InChI is InChI=1S/C29H36ClN5O2S.C5H10O2.C2H6.C2H4/c1-17-15-21(16-18(2)26(17)30)37-13-8-11-23-22-9-7-10-24(25-19(3)33-35(6)20(25)4)27(22)32-28(23)29(36)34-38-14-12-31-5;1-5(2,3)7-4-6;2*1-2/h7,9-10,15-16,31-32H,8,11-14H2,1-6H3,(H,34,36);4H,1-3H3;1-2H3;1-2H2. The number of nitrogens with one attached hydrogen (secondary N) is 3. The van der Waals surface area contributed by atoms with Crippen LogP contribution in [0.2, 0.25) is 5.02 Å². The summed E-state index contributed by atoms with van der Waals surface area (Å²) in [5.41, 5.74) is 8.43. The Morgan fingerprint density at radius 3 is 2.27 bits per heavy atom. The Kier molecular flexibility index (Phi) is 18.9. The molecule has 9 nitrogen and oxygen atoms in total. The van der Waals surface area contributed by atoms with E-state index in [4.69, 9.17) is 16.3 Å². The van der Waals surface area contributed by atoms with Gasteiger partial charge in [0.1, 0.15) is 17.0 Å². The topological polar surface area (TPSA) is 110 Å². The van der Waals surface area contributed by atoms with Crippen molar-refractivity contribution in [3.63, 3.8) is 0 Å². The van der Waals surface area contributed by atoms with Crippen molar-refractivity contribution in [1.29, 1.82) is 0 Å². The molecule has 49 heavy (non-hydrogen) atoms. The summed E-state index contributed by atoms with van der Waals surface area (Å²) in [4.78, 5) is 26.4. The minimum Gasteiger partial charge on any atom is -0.494 e. The number of H-pyrrole nitrogens is 1. The number of ether oxygens (including phenoxy) is 2. The van der Waals surface area contributed by atoms with Gasteiger partial charge in [-0.25, -0.2) is 0 Å². The van der Waals surface area contributed by atoms with E-state index < -0.39 is 0 Å². The number of hydrogen-bond donors (Lipinski definition) is 3. The number of aryl methyl sites for hydroxylation is 5. The van der Waals surface area contributed by atoms with Crippen LogP contribution in [0.5, 0.6) is 5.75 Å². The first-order valence-corrected chi connectivity index (χ1v) is 17.9. The van der Waals surface area contributed by atoms with Crippen LogP contribution < -0.4 is 14.8 Å². The molecule has 2 heterocycles. The number of carbonyl (C=O) groups excluding carboxylic acids is 2. The van der Waals surface area contributed by atoms with Crippen LogP contribution in [0.4, 0.5) is 0 Å². The van der Waals surface area contributed by atoms with Crippen molar-refractivity contribution in [2.45, 2.75) is 80.8 Å². The molecule has 0 aliphatic heterocycles. The molecular formula is C38H56ClN5O4S. The van der Waals surface area contributed by atoms with Gasteiger partial charge in [0.15, 0.2) is 0 Å². The monoisotopic (exact) mass is 713 g/mol. The highest BCUT2D eigenvalue weighted by Gasteiger charge is 2.22. The molecule has 0 fully saturated rings. The summed E-state index contributed by atoms with van der Waals surface area (Å²) in [6.07, 6.45) is 1.46. The Hall–Kier alpha value is -3.73. The zero-order valence-corrected chi connectivity index (χ0v) is 32.8. The van der Waals surface area contributed by atoms with Gasteiger partial charge in [0, 0.05) is 46.6 Å². The Balaban J connectivity index is 0.000000959. The molecule has 11 heteroatoms. The predicted molar refractivity (Wildman–Crippen MR) is 208 cm³/mol. The smallest absolute Gasteiger partial charge is 0.293 e. The number of aromatic nitrogens is 3. The molecule has 1 amide bonds. The van der Waals surface area contributed by atoms with Crippen molar-refractivity contribution in [2.24, 2.45) is 7.05 Å². The molecule has 0 aliphatic carbocycles. The normalized spacial score (nSPS) is 10.5. The molecule has 2 aromatic carbocycles. The van der Waals surface area contributed by atoms with Crippen molar-refractivity contribution in [1.82, 2.24) is 24.8 Å². The summed E-state index contributed by atoms with van der Waals surface area (Å²) in [7, 11) is 3.86. The van der Waals surface area contributed by atoms with E-state index in [1.165, 1.54) is 11.9 Å². The molecule has 0 radical (unpaired) electrons. The SMILES string of the molecule is C=C.CC.CC(C)(C)OC=O.CNCCSNC(=O)c1[nH]c2c(-c3c(C)nn(C)c3C)cccc2c1CCCOc1cc(C)c(Cl)c(C)c1. The molecule has 0 unspecified atom stereocenters. The third-order valence-electron chi connectivity index (χ3n) is 7.22. The fourth-order valence-electron chi connectivity index (χ4n) is 4.99. The number of rotatable bonds is 12. The maximum atomic E-state index is 13.3. The molecule has 0 spiro atoms. The number of para-hydroxylation sites is 1. The van der Waals surface area contributed by atoms with E-state index in [1.807, 2.05) is 86.3 Å². The largest absolute Gasteiger partial charge is 0.494 e. The maximum Gasteiger partial charge on any atom is 0.293 e. The third kappa shape index (κ3) is 12.6. The number of benzene rings is 2. The third-order valence-corrected chi connectivity index (χ3v) is 8.55. The van der Waals surface area contributed by atoms with Crippen molar-refractivity contribution in [2.75, 3.05) is 26.0 Å². The fraction of sp³-hybridized carbons (Fsp3) is 0.447. The second kappa shape index (κ2) is 21.4. The van der Waals surface area contributed by atoms with E-state index >= 15 is 0 Å². The van der Waals surface area contributed by atoms with Crippen LogP contribution in [-0.2, 0) is 23.0 Å². The van der Waals surface area contributed by atoms with Gasteiger partial charge < -0.3 is 19.8 Å². The number of carbonyl (C=O) groups is 2. The first-order valence-electron chi connectivity index (χ1n) is 16.5. The van der Waals surface area contributed by atoms with Crippen LogP contribution in [0, 0.1) is 27.7 Å². The molecule has 4 rings (SSSR count). The number of fused-ring (bicyclic) bond motifs is 1. The van der Waals surface area contributed by atoms with Gasteiger partial charge in [-0.05, 0) is 109 Å². The quantitative estimate of drug-likeness (QED) is 0.0582. The Morgan fingerprint density at radius 2 is 1.76 bits per heavy atom. The lowest BCUT2D eigenvalue weighted by atomic mass is 9.98. The van der Waals surface area contributed by atoms with Gasteiger partial charge in [-0.2, -0.15) is 5.10 Å². The molecule has 0 bridgehead atoms. The highest BCUT2D eigenvalue weighted by atomic mass is 35.5. The average Bonchev–Trinajstić information content (AvgIpc) is 3.56. The maximum absolute atomic E-state index is 13.3. The van der Waals surface area contributed by atoms with Crippen LogP contribution in [-0.4, -0.2) is 58.7 Å². The van der Waals surface area contributed by atoms with Crippen LogP contribution in [0.15, 0.2) is 43.5 Å².